The van der Waals surface area contributed by atoms with Crippen LogP contribution in [0.15, 0.2) is 48.5 Å². The topological polar surface area (TPSA) is 75.7 Å². The third-order valence-electron chi connectivity index (χ3n) is 4.05. The van der Waals surface area contributed by atoms with Gasteiger partial charge in [-0.1, -0.05) is 29.8 Å². The first-order valence-corrected chi connectivity index (χ1v) is 9.65. The molecule has 0 aliphatic carbocycles. The highest BCUT2D eigenvalue weighted by Crippen LogP contribution is 2.35. The van der Waals surface area contributed by atoms with Gasteiger partial charge in [-0.05, 0) is 38.1 Å². The summed E-state index contributed by atoms with van der Waals surface area (Å²) >= 11 is 0. The van der Waals surface area contributed by atoms with E-state index < -0.39 is 16.1 Å². The van der Waals surface area contributed by atoms with Gasteiger partial charge in [-0.3, -0.25) is 9.10 Å². The van der Waals surface area contributed by atoms with Crippen molar-refractivity contribution in [2.75, 3.05) is 21.9 Å². The van der Waals surface area contributed by atoms with Gasteiger partial charge in [-0.25, -0.2) is 8.42 Å². The molecule has 0 saturated carbocycles. The summed E-state index contributed by atoms with van der Waals surface area (Å²) in [4.78, 5) is 12.6. The Bertz CT molecular complexity index is 878. The highest BCUT2D eigenvalue weighted by Gasteiger charge is 2.35. The number of hydrogen-bond donors (Lipinski definition) is 1. The lowest BCUT2D eigenvalue weighted by Crippen LogP contribution is -2.49. The number of hydrogen-bond acceptors (Lipinski definition) is 4. The molecule has 0 aromatic heterocycles. The SMILES string of the molecule is CCS(=O)(=O)N1CC(C(=O)Nc2ccc(C)cc2)Oc2ccccc21. The number of aryl methyl sites for hydroxylation is 1. The second kappa shape index (κ2) is 6.76. The van der Waals surface area contributed by atoms with Gasteiger partial charge in [0.15, 0.2) is 6.10 Å². The summed E-state index contributed by atoms with van der Waals surface area (Å²) in [5.41, 5.74) is 2.19. The van der Waals surface area contributed by atoms with Crippen molar-refractivity contribution in [1.29, 1.82) is 0 Å². The number of para-hydroxylation sites is 2. The number of benzene rings is 2. The molecule has 1 amide bonds. The standard InChI is InChI=1S/C18H20N2O4S/c1-3-25(22,23)20-12-17(24-16-7-5-4-6-15(16)20)18(21)19-14-10-8-13(2)9-11-14/h4-11,17H,3,12H2,1-2H3,(H,19,21). The molecular weight excluding hydrogens is 340 g/mol. The van der Waals surface area contributed by atoms with E-state index in [0.717, 1.165) is 5.56 Å². The summed E-state index contributed by atoms with van der Waals surface area (Å²) in [6.07, 6.45) is -0.919. The van der Waals surface area contributed by atoms with Crippen LogP contribution in [0.4, 0.5) is 11.4 Å². The zero-order chi connectivity index (χ0) is 18.0. The molecule has 7 heteroatoms. The smallest absolute Gasteiger partial charge is 0.267 e. The average Bonchev–Trinajstić information content (AvgIpc) is 2.62. The lowest BCUT2D eigenvalue weighted by molar-refractivity contribution is -0.122. The number of nitrogens with zero attached hydrogens (tertiary/aromatic N) is 1. The second-order valence-corrected chi connectivity index (χ2v) is 8.04. The Morgan fingerprint density at radius 3 is 2.56 bits per heavy atom. The van der Waals surface area contributed by atoms with E-state index in [9.17, 15) is 13.2 Å². The third-order valence-corrected chi connectivity index (χ3v) is 5.79. The van der Waals surface area contributed by atoms with E-state index >= 15 is 0 Å². The van der Waals surface area contributed by atoms with E-state index in [1.807, 2.05) is 19.1 Å². The summed E-state index contributed by atoms with van der Waals surface area (Å²) in [5, 5.41) is 2.77. The molecule has 1 aliphatic rings. The van der Waals surface area contributed by atoms with E-state index in [-0.39, 0.29) is 18.2 Å². The Kier molecular flexibility index (Phi) is 4.67. The zero-order valence-corrected chi connectivity index (χ0v) is 14.9. The predicted octanol–water partition coefficient (Wildman–Crippen LogP) is 2.55. The van der Waals surface area contributed by atoms with Crippen LogP contribution >= 0.6 is 0 Å². The van der Waals surface area contributed by atoms with Crippen LogP contribution in [0.1, 0.15) is 12.5 Å². The molecular formula is C18H20N2O4S. The van der Waals surface area contributed by atoms with Gasteiger partial charge in [0.25, 0.3) is 5.91 Å². The minimum absolute atomic E-state index is 0.0480. The van der Waals surface area contributed by atoms with Gasteiger partial charge in [0.1, 0.15) is 5.75 Å². The largest absolute Gasteiger partial charge is 0.476 e. The number of nitrogens with one attached hydrogen (secondary N) is 1. The van der Waals surface area contributed by atoms with E-state index in [1.165, 1.54) is 4.31 Å². The highest BCUT2D eigenvalue weighted by molar-refractivity contribution is 7.92. The summed E-state index contributed by atoms with van der Waals surface area (Å²) in [5.74, 6) is -0.0438. The number of ether oxygens (including phenoxy) is 1. The molecule has 25 heavy (non-hydrogen) atoms. The van der Waals surface area contributed by atoms with Crippen molar-refractivity contribution >= 4 is 27.3 Å². The van der Waals surface area contributed by atoms with Crippen LogP contribution in [-0.4, -0.2) is 32.7 Å². The van der Waals surface area contributed by atoms with Crippen molar-refractivity contribution < 1.29 is 17.9 Å². The second-order valence-electron chi connectivity index (χ2n) is 5.86. The Balaban J connectivity index is 1.86. The molecule has 2 aromatic carbocycles. The van der Waals surface area contributed by atoms with Gasteiger partial charge >= 0.3 is 0 Å². The fraction of sp³-hybridized carbons (Fsp3) is 0.278. The predicted molar refractivity (Wildman–Crippen MR) is 97.5 cm³/mol. The van der Waals surface area contributed by atoms with Crippen LogP contribution in [0, 0.1) is 6.92 Å². The molecule has 132 valence electrons. The Labute approximate surface area is 147 Å². The van der Waals surface area contributed by atoms with Gasteiger partial charge in [-0.15, -0.1) is 0 Å². The van der Waals surface area contributed by atoms with Gasteiger partial charge in [-0.2, -0.15) is 0 Å². The summed E-state index contributed by atoms with van der Waals surface area (Å²) < 4.78 is 31.8. The maximum atomic E-state index is 12.6. The van der Waals surface area contributed by atoms with Crippen LogP contribution in [0.5, 0.6) is 5.75 Å². The summed E-state index contributed by atoms with van der Waals surface area (Å²) in [6.45, 7) is 3.49. The fourth-order valence-corrected chi connectivity index (χ4v) is 3.74. The lowest BCUT2D eigenvalue weighted by Gasteiger charge is -2.34. The number of sulfonamides is 1. The van der Waals surface area contributed by atoms with Crippen molar-refractivity contribution in [2.45, 2.75) is 20.0 Å². The molecule has 1 aliphatic heterocycles. The summed E-state index contributed by atoms with van der Waals surface area (Å²) in [6, 6.07) is 14.2. The van der Waals surface area contributed by atoms with Gasteiger partial charge in [0.2, 0.25) is 10.0 Å². The van der Waals surface area contributed by atoms with Gasteiger partial charge < -0.3 is 10.1 Å². The van der Waals surface area contributed by atoms with E-state index in [0.29, 0.717) is 17.1 Å². The normalized spacial score (nSPS) is 16.7. The van der Waals surface area contributed by atoms with Crippen LogP contribution < -0.4 is 14.4 Å². The van der Waals surface area contributed by atoms with Crippen LogP contribution in [0.3, 0.4) is 0 Å². The molecule has 3 rings (SSSR count). The van der Waals surface area contributed by atoms with Crippen LogP contribution in [0.2, 0.25) is 0 Å². The molecule has 0 radical (unpaired) electrons. The zero-order valence-electron chi connectivity index (χ0n) is 14.1. The fourth-order valence-electron chi connectivity index (χ4n) is 2.62. The van der Waals surface area contributed by atoms with E-state index in [2.05, 4.69) is 5.32 Å². The first-order chi connectivity index (χ1) is 11.9. The molecule has 0 fully saturated rings. The molecule has 2 aromatic rings. The molecule has 1 atom stereocenters. The first-order valence-electron chi connectivity index (χ1n) is 8.04. The Morgan fingerprint density at radius 2 is 1.88 bits per heavy atom. The average molecular weight is 360 g/mol. The quantitative estimate of drug-likeness (QED) is 0.909. The van der Waals surface area contributed by atoms with E-state index in [4.69, 9.17) is 4.74 Å². The highest BCUT2D eigenvalue weighted by atomic mass is 32.2. The molecule has 1 N–H and O–H groups in total. The van der Waals surface area contributed by atoms with Gasteiger partial charge in [0, 0.05) is 5.69 Å². The maximum Gasteiger partial charge on any atom is 0.267 e. The van der Waals surface area contributed by atoms with Crippen LogP contribution in [0.25, 0.3) is 0 Å². The Morgan fingerprint density at radius 1 is 1.20 bits per heavy atom. The number of amides is 1. The molecule has 0 bridgehead atoms. The van der Waals surface area contributed by atoms with E-state index in [1.54, 1.807) is 43.3 Å². The summed E-state index contributed by atoms with van der Waals surface area (Å²) in [7, 11) is -3.51. The van der Waals surface area contributed by atoms with Crippen molar-refractivity contribution in [2.24, 2.45) is 0 Å². The number of carbonyl (C=O) groups excluding carboxylic acids is 1. The minimum atomic E-state index is -3.51. The first kappa shape index (κ1) is 17.3. The number of carbonyl (C=O) groups is 1. The van der Waals surface area contributed by atoms with Crippen molar-refractivity contribution in [3.63, 3.8) is 0 Å². The maximum absolute atomic E-state index is 12.6. The Hall–Kier alpha value is -2.54. The molecule has 1 unspecified atom stereocenters. The number of rotatable bonds is 4. The third kappa shape index (κ3) is 3.61. The van der Waals surface area contributed by atoms with Crippen molar-refractivity contribution in [1.82, 2.24) is 0 Å². The van der Waals surface area contributed by atoms with Crippen molar-refractivity contribution in [3.05, 3.63) is 54.1 Å². The molecule has 0 saturated heterocycles. The lowest BCUT2D eigenvalue weighted by atomic mass is 10.2. The molecule has 6 nitrogen and oxygen atoms in total. The number of anilines is 2. The molecule has 1 heterocycles. The monoisotopic (exact) mass is 360 g/mol. The van der Waals surface area contributed by atoms with Crippen molar-refractivity contribution in [3.8, 4) is 5.75 Å². The van der Waals surface area contributed by atoms with Gasteiger partial charge in [0.05, 0.1) is 18.0 Å². The molecule has 0 spiro atoms. The minimum Gasteiger partial charge on any atom is -0.476 e. The van der Waals surface area contributed by atoms with Crippen LogP contribution in [-0.2, 0) is 14.8 Å². The number of fused-ring (bicyclic) bond motifs is 1.